The first-order chi connectivity index (χ1) is 14.0. The number of benzene rings is 3. The van der Waals surface area contributed by atoms with Crippen molar-refractivity contribution in [2.24, 2.45) is 0 Å². The minimum Gasteiger partial charge on any atom is -0.507 e. The molecule has 0 aromatic heterocycles. The molecule has 0 bridgehead atoms. The number of sulfonamides is 1. The predicted octanol–water partition coefficient (Wildman–Crippen LogP) is 3.20. The molecule has 1 aliphatic rings. The van der Waals surface area contributed by atoms with Crippen molar-refractivity contribution in [3.8, 4) is 23.0 Å². The summed E-state index contributed by atoms with van der Waals surface area (Å²) in [6, 6.07) is 17.1. The Kier molecular flexibility index (Phi) is 5.04. The van der Waals surface area contributed by atoms with Crippen molar-refractivity contribution in [3.05, 3.63) is 77.9 Å². The number of nitrogens with one attached hydrogen (secondary N) is 1. The van der Waals surface area contributed by atoms with E-state index in [1.165, 1.54) is 18.2 Å². The fourth-order valence-corrected chi connectivity index (χ4v) is 4.33. The van der Waals surface area contributed by atoms with Crippen LogP contribution in [-0.4, -0.2) is 27.4 Å². The number of methoxy groups -OCH3 is 1. The second kappa shape index (κ2) is 7.65. The summed E-state index contributed by atoms with van der Waals surface area (Å²) in [5.74, 6) is 1.38. The van der Waals surface area contributed by atoms with E-state index in [9.17, 15) is 13.5 Å². The Bertz CT molecular complexity index is 1110. The smallest absolute Gasteiger partial charge is 0.241 e. The quantitative estimate of drug-likeness (QED) is 0.645. The summed E-state index contributed by atoms with van der Waals surface area (Å²) in [6.07, 6.45) is 0. The number of phenols is 1. The molecule has 1 aliphatic heterocycles. The van der Waals surface area contributed by atoms with E-state index < -0.39 is 16.1 Å². The van der Waals surface area contributed by atoms with Crippen LogP contribution in [0.4, 0.5) is 0 Å². The molecule has 1 heterocycles. The highest BCUT2D eigenvalue weighted by Gasteiger charge is 2.28. The molecule has 150 valence electrons. The maximum atomic E-state index is 13.0. The Hall–Kier alpha value is -3.23. The van der Waals surface area contributed by atoms with Crippen molar-refractivity contribution < 1.29 is 27.7 Å². The van der Waals surface area contributed by atoms with Crippen molar-refractivity contribution in [3.63, 3.8) is 0 Å². The Balaban J connectivity index is 1.80. The van der Waals surface area contributed by atoms with Crippen molar-refractivity contribution in [2.75, 3.05) is 13.9 Å². The Morgan fingerprint density at radius 2 is 1.66 bits per heavy atom. The van der Waals surface area contributed by atoms with Crippen LogP contribution in [0.15, 0.2) is 71.6 Å². The predicted molar refractivity (Wildman–Crippen MR) is 106 cm³/mol. The van der Waals surface area contributed by atoms with Gasteiger partial charge in [-0.05, 0) is 35.9 Å². The lowest BCUT2D eigenvalue weighted by Gasteiger charge is -2.21. The highest BCUT2D eigenvalue weighted by atomic mass is 32.2. The van der Waals surface area contributed by atoms with Crippen molar-refractivity contribution in [1.82, 2.24) is 4.72 Å². The van der Waals surface area contributed by atoms with Crippen LogP contribution in [-0.2, 0) is 10.0 Å². The summed E-state index contributed by atoms with van der Waals surface area (Å²) in [5.41, 5.74) is 0.971. The molecule has 0 saturated heterocycles. The lowest BCUT2D eigenvalue weighted by molar-refractivity contribution is 0.174. The van der Waals surface area contributed by atoms with E-state index in [0.717, 1.165) is 0 Å². The number of aromatic hydroxyl groups is 1. The molecule has 0 fully saturated rings. The van der Waals surface area contributed by atoms with E-state index in [1.807, 2.05) is 0 Å². The Labute approximate surface area is 168 Å². The lowest BCUT2D eigenvalue weighted by Crippen LogP contribution is -2.29. The van der Waals surface area contributed by atoms with Crippen LogP contribution in [0, 0.1) is 0 Å². The molecule has 3 aromatic rings. The van der Waals surface area contributed by atoms with Gasteiger partial charge in [-0.15, -0.1) is 0 Å². The largest absolute Gasteiger partial charge is 0.507 e. The molecule has 0 saturated carbocycles. The summed E-state index contributed by atoms with van der Waals surface area (Å²) in [4.78, 5) is 0.124. The molecule has 0 spiro atoms. The molecule has 1 atom stereocenters. The normalized spacial score (nSPS) is 13.8. The number of rotatable bonds is 6. The summed E-state index contributed by atoms with van der Waals surface area (Å²) in [7, 11) is -2.32. The summed E-state index contributed by atoms with van der Waals surface area (Å²) in [6.45, 7) is 0.0428. The van der Waals surface area contributed by atoms with Gasteiger partial charge in [0.2, 0.25) is 16.8 Å². The third-order valence-corrected chi connectivity index (χ3v) is 6.05. The van der Waals surface area contributed by atoms with Gasteiger partial charge in [-0.3, -0.25) is 0 Å². The van der Waals surface area contributed by atoms with Crippen LogP contribution in [0.5, 0.6) is 23.0 Å². The van der Waals surface area contributed by atoms with Gasteiger partial charge in [0.15, 0.2) is 11.5 Å². The molecule has 0 aliphatic carbocycles. The average Bonchev–Trinajstić information content (AvgIpc) is 3.19. The van der Waals surface area contributed by atoms with Gasteiger partial charge in [0.05, 0.1) is 18.0 Å². The zero-order chi connectivity index (χ0) is 20.4. The first-order valence-electron chi connectivity index (χ1n) is 8.82. The number of fused-ring (bicyclic) bond motifs is 1. The van der Waals surface area contributed by atoms with E-state index in [2.05, 4.69) is 4.72 Å². The summed E-state index contributed by atoms with van der Waals surface area (Å²) < 4.78 is 44.5. The van der Waals surface area contributed by atoms with Crippen LogP contribution in [0.25, 0.3) is 0 Å². The maximum Gasteiger partial charge on any atom is 0.241 e. The fraction of sp³-hybridized carbons (Fsp3) is 0.143. The molecule has 0 radical (unpaired) electrons. The van der Waals surface area contributed by atoms with Gasteiger partial charge < -0.3 is 19.3 Å². The molecule has 2 N–H and O–H groups in total. The van der Waals surface area contributed by atoms with Gasteiger partial charge >= 0.3 is 0 Å². The third kappa shape index (κ3) is 3.85. The minimum atomic E-state index is -3.87. The highest BCUT2D eigenvalue weighted by molar-refractivity contribution is 7.89. The topological polar surface area (TPSA) is 94.1 Å². The van der Waals surface area contributed by atoms with Crippen LogP contribution in [0.3, 0.4) is 0 Å². The number of ether oxygens (including phenoxy) is 3. The van der Waals surface area contributed by atoms with Gasteiger partial charge in [0.1, 0.15) is 11.5 Å². The lowest BCUT2D eigenvalue weighted by atomic mass is 9.98. The van der Waals surface area contributed by atoms with E-state index >= 15 is 0 Å². The maximum absolute atomic E-state index is 13.0. The molecule has 7 nitrogen and oxygen atoms in total. The van der Waals surface area contributed by atoms with Gasteiger partial charge in [-0.1, -0.05) is 30.3 Å². The first-order valence-corrected chi connectivity index (χ1v) is 10.3. The fourth-order valence-electron chi connectivity index (χ4n) is 3.11. The first kappa shape index (κ1) is 19.1. The van der Waals surface area contributed by atoms with Crippen LogP contribution in [0.1, 0.15) is 17.2 Å². The van der Waals surface area contributed by atoms with Crippen LogP contribution in [0.2, 0.25) is 0 Å². The standard InChI is InChI=1S/C21H19NO6S/c1-26-15-9-7-14(8-10-15)21(22-29(24,25)16-5-3-2-4-6-16)17-11-19-20(12-18(17)23)28-13-27-19/h2-12,21-23H,13H2,1H3. The van der Waals surface area contributed by atoms with Crippen molar-refractivity contribution in [1.29, 1.82) is 0 Å². The number of hydrogen-bond acceptors (Lipinski definition) is 6. The zero-order valence-electron chi connectivity index (χ0n) is 15.5. The monoisotopic (exact) mass is 413 g/mol. The average molecular weight is 413 g/mol. The second-order valence-electron chi connectivity index (χ2n) is 6.40. The highest BCUT2D eigenvalue weighted by Crippen LogP contribution is 2.41. The summed E-state index contributed by atoms with van der Waals surface area (Å²) in [5, 5.41) is 10.6. The number of phenolic OH excluding ortho intramolecular Hbond substituents is 1. The molecule has 1 unspecified atom stereocenters. The van der Waals surface area contributed by atoms with Gasteiger partial charge in [-0.25, -0.2) is 8.42 Å². The van der Waals surface area contributed by atoms with Gasteiger partial charge in [-0.2, -0.15) is 4.72 Å². The van der Waals surface area contributed by atoms with E-state index in [0.29, 0.717) is 28.4 Å². The SMILES string of the molecule is COc1ccc(C(NS(=O)(=O)c2ccccc2)c2cc3c(cc2O)OCO3)cc1. The molecule has 3 aromatic carbocycles. The van der Waals surface area contributed by atoms with E-state index in [-0.39, 0.29) is 17.4 Å². The molecular formula is C21H19NO6S. The van der Waals surface area contributed by atoms with Gasteiger partial charge in [0.25, 0.3) is 0 Å². The zero-order valence-corrected chi connectivity index (χ0v) is 16.3. The minimum absolute atomic E-state index is 0.0428. The van der Waals surface area contributed by atoms with Crippen LogP contribution >= 0.6 is 0 Å². The molecule has 8 heteroatoms. The second-order valence-corrected chi connectivity index (χ2v) is 8.12. The van der Waals surface area contributed by atoms with Crippen LogP contribution < -0.4 is 18.9 Å². The van der Waals surface area contributed by atoms with E-state index in [4.69, 9.17) is 14.2 Å². The van der Waals surface area contributed by atoms with E-state index in [1.54, 1.807) is 55.6 Å². The Morgan fingerprint density at radius 1 is 1.00 bits per heavy atom. The van der Waals surface area contributed by atoms with Crippen molar-refractivity contribution >= 4 is 10.0 Å². The molecule has 0 amide bonds. The summed E-state index contributed by atoms with van der Waals surface area (Å²) >= 11 is 0. The molecular weight excluding hydrogens is 394 g/mol. The third-order valence-electron chi connectivity index (χ3n) is 4.61. The number of hydrogen-bond donors (Lipinski definition) is 2. The van der Waals surface area contributed by atoms with Crippen molar-refractivity contribution in [2.45, 2.75) is 10.9 Å². The Morgan fingerprint density at radius 3 is 2.31 bits per heavy atom. The molecule has 29 heavy (non-hydrogen) atoms. The van der Waals surface area contributed by atoms with Gasteiger partial charge in [0, 0.05) is 11.6 Å². The molecule has 4 rings (SSSR count).